The van der Waals surface area contributed by atoms with Gasteiger partial charge in [-0.15, -0.1) is 11.8 Å². The lowest BCUT2D eigenvalue weighted by Gasteiger charge is -2.11. The third-order valence-corrected chi connectivity index (χ3v) is 4.00. The highest BCUT2D eigenvalue weighted by atomic mass is 32.2. The molecule has 0 radical (unpaired) electrons. The predicted molar refractivity (Wildman–Crippen MR) is 77.4 cm³/mol. The van der Waals surface area contributed by atoms with E-state index in [-0.39, 0.29) is 10.4 Å². The number of carboxylic acid groups (broad SMARTS) is 1. The van der Waals surface area contributed by atoms with Gasteiger partial charge in [0, 0.05) is 16.0 Å². The monoisotopic (exact) mass is 296 g/mol. The Hall–Kier alpha value is -1.73. The van der Waals surface area contributed by atoms with E-state index in [4.69, 9.17) is 0 Å². The van der Waals surface area contributed by atoms with Gasteiger partial charge in [0.15, 0.2) is 0 Å². The van der Waals surface area contributed by atoms with Crippen LogP contribution in [0.25, 0.3) is 0 Å². The Bertz CT molecular complexity index is 648. The van der Waals surface area contributed by atoms with E-state index in [0.29, 0.717) is 17.1 Å². The fourth-order valence-electron chi connectivity index (χ4n) is 1.66. The number of H-pyrrole nitrogens is 1. The summed E-state index contributed by atoms with van der Waals surface area (Å²) in [5.74, 6) is -0.966. The van der Waals surface area contributed by atoms with Gasteiger partial charge in [-0.1, -0.05) is 17.4 Å². The lowest BCUT2D eigenvalue weighted by molar-refractivity contribution is 0.0694. The van der Waals surface area contributed by atoms with Gasteiger partial charge in [-0.3, -0.25) is 4.79 Å². The van der Waals surface area contributed by atoms with E-state index >= 15 is 0 Å². The molecule has 1 aromatic heterocycles. The summed E-state index contributed by atoms with van der Waals surface area (Å²) in [6.07, 6.45) is 1.84. The summed E-state index contributed by atoms with van der Waals surface area (Å²) in [6, 6.07) is 5.29. The summed E-state index contributed by atoms with van der Waals surface area (Å²) in [5.41, 5.74) is 1.54. The molecule has 3 N–H and O–H groups in total. The predicted octanol–water partition coefficient (Wildman–Crippen LogP) is 2.47. The Morgan fingerprint density at radius 3 is 2.89 bits per heavy atom. The second-order valence-corrected chi connectivity index (χ2v) is 5.41. The number of nitrogens with one attached hydrogen (secondary N) is 2. The quantitative estimate of drug-likeness (QED) is 0.738. The SMILES string of the molecule is CSc1cccc(NCc2csc(=O)[nH]2)c1C(=O)O. The molecule has 5 nitrogen and oxygen atoms in total. The molecule has 0 aliphatic carbocycles. The van der Waals surface area contributed by atoms with Crippen LogP contribution >= 0.6 is 23.1 Å². The van der Waals surface area contributed by atoms with E-state index in [1.165, 1.54) is 11.8 Å². The van der Waals surface area contributed by atoms with Crippen LogP contribution in [0, 0.1) is 0 Å². The molecule has 0 spiro atoms. The lowest BCUT2D eigenvalue weighted by Crippen LogP contribution is -2.08. The Morgan fingerprint density at radius 2 is 2.32 bits per heavy atom. The zero-order valence-corrected chi connectivity index (χ0v) is 11.7. The van der Waals surface area contributed by atoms with Crippen LogP contribution in [0.5, 0.6) is 0 Å². The van der Waals surface area contributed by atoms with Crippen molar-refractivity contribution in [1.29, 1.82) is 0 Å². The van der Waals surface area contributed by atoms with Crippen molar-refractivity contribution in [2.24, 2.45) is 0 Å². The van der Waals surface area contributed by atoms with Crippen LogP contribution < -0.4 is 10.2 Å². The Morgan fingerprint density at radius 1 is 1.53 bits per heavy atom. The third kappa shape index (κ3) is 3.18. The van der Waals surface area contributed by atoms with Gasteiger partial charge in [0.2, 0.25) is 0 Å². The molecule has 0 aliphatic heterocycles. The molecule has 100 valence electrons. The summed E-state index contributed by atoms with van der Waals surface area (Å²) >= 11 is 2.47. The second kappa shape index (κ2) is 5.94. The van der Waals surface area contributed by atoms with Crippen molar-refractivity contribution in [2.75, 3.05) is 11.6 Å². The molecule has 0 saturated heterocycles. The molecule has 0 fully saturated rings. The van der Waals surface area contributed by atoms with Crippen molar-refractivity contribution in [3.05, 3.63) is 44.5 Å². The number of aromatic nitrogens is 1. The van der Waals surface area contributed by atoms with Gasteiger partial charge in [-0.05, 0) is 18.4 Å². The van der Waals surface area contributed by atoms with Crippen LogP contribution in [0.2, 0.25) is 0 Å². The number of hydrogen-bond acceptors (Lipinski definition) is 5. The molecule has 0 unspecified atom stereocenters. The third-order valence-electron chi connectivity index (χ3n) is 2.50. The average molecular weight is 296 g/mol. The first-order valence-electron chi connectivity index (χ1n) is 5.42. The lowest BCUT2D eigenvalue weighted by atomic mass is 10.1. The number of hydrogen-bond donors (Lipinski definition) is 3. The number of aromatic amines is 1. The van der Waals surface area contributed by atoms with Gasteiger partial charge in [-0.25, -0.2) is 4.79 Å². The van der Waals surface area contributed by atoms with Crippen LogP contribution in [0.3, 0.4) is 0 Å². The summed E-state index contributed by atoms with van der Waals surface area (Å²) < 4.78 is 0. The summed E-state index contributed by atoms with van der Waals surface area (Å²) in [7, 11) is 0. The maximum Gasteiger partial charge on any atom is 0.338 e. The molecule has 19 heavy (non-hydrogen) atoms. The van der Waals surface area contributed by atoms with E-state index in [1.807, 2.05) is 6.26 Å². The Kier molecular flexibility index (Phi) is 4.28. The van der Waals surface area contributed by atoms with E-state index < -0.39 is 5.97 Å². The number of benzene rings is 1. The smallest absolute Gasteiger partial charge is 0.338 e. The first kappa shape index (κ1) is 13.7. The molecular formula is C12H12N2O3S2. The molecule has 0 bridgehead atoms. The summed E-state index contributed by atoms with van der Waals surface area (Å²) in [5, 5.41) is 14.0. The first-order chi connectivity index (χ1) is 9.11. The van der Waals surface area contributed by atoms with Gasteiger partial charge in [0.25, 0.3) is 0 Å². The van der Waals surface area contributed by atoms with Gasteiger partial charge in [-0.2, -0.15) is 0 Å². The van der Waals surface area contributed by atoms with Crippen molar-refractivity contribution < 1.29 is 9.90 Å². The highest BCUT2D eigenvalue weighted by Gasteiger charge is 2.14. The zero-order chi connectivity index (χ0) is 13.8. The van der Waals surface area contributed by atoms with E-state index in [1.54, 1.807) is 23.6 Å². The number of carboxylic acids is 1. The van der Waals surface area contributed by atoms with Crippen molar-refractivity contribution in [1.82, 2.24) is 4.98 Å². The van der Waals surface area contributed by atoms with Crippen LogP contribution in [0.1, 0.15) is 16.1 Å². The average Bonchev–Trinajstić information content (AvgIpc) is 2.81. The molecule has 0 saturated carbocycles. The van der Waals surface area contributed by atoms with Gasteiger partial charge in [0.05, 0.1) is 17.8 Å². The Balaban J connectivity index is 2.24. The molecule has 0 aliphatic rings. The van der Waals surface area contributed by atoms with Crippen molar-refractivity contribution in [2.45, 2.75) is 11.4 Å². The fraction of sp³-hybridized carbons (Fsp3) is 0.167. The molecule has 2 aromatic rings. The molecule has 7 heteroatoms. The second-order valence-electron chi connectivity index (χ2n) is 3.71. The molecular weight excluding hydrogens is 284 g/mol. The summed E-state index contributed by atoms with van der Waals surface area (Å²) in [6.45, 7) is 0.386. The number of anilines is 1. The van der Waals surface area contributed by atoms with Crippen molar-refractivity contribution >= 4 is 34.8 Å². The highest BCUT2D eigenvalue weighted by Crippen LogP contribution is 2.27. The maximum atomic E-state index is 11.3. The molecule has 2 rings (SSSR count). The minimum Gasteiger partial charge on any atom is -0.478 e. The van der Waals surface area contributed by atoms with Crippen LogP contribution in [0.4, 0.5) is 5.69 Å². The molecule has 0 amide bonds. The maximum absolute atomic E-state index is 11.3. The minimum atomic E-state index is -0.966. The van der Waals surface area contributed by atoms with Crippen molar-refractivity contribution in [3.8, 4) is 0 Å². The minimum absolute atomic E-state index is 0.117. The van der Waals surface area contributed by atoms with Gasteiger partial charge < -0.3 is 15.4 Å². The number of carbonyl (C=O) groups is 1. The standard InChI is InChI=1S/C12H12N2O3S2/c1-18-9-4-2-3-8(10(9)11(15)16)13-5-7-6-19-12(17)14-7/h2-4,6,13H,5H2,1H3,(H,14,17)(H,15,16). The Labute approximate surface area is 117 Å². The van der Waals surface area contributed by atoms with Crippen LogP contribution in [0.15, 0.2) is 33.3 Å². The normalized spacial score (nSPS) is 10.4. The fourth-order valence-corrected chi connectivity index (χ4v) is 2.86. The van der Waals surface area contributed by atoms with Crippen LogP contribution in [-0.4, -0.2) is 22.3 Å². The van der Waals surface area contributed by atoms with E-state index in [9.17, 15) is 14.7 Å². The van der Waals surface area contributed by atoms with Crippen LogP contribution in [-0.2, 0) is 6.54 Å². The summed E-state index contributed by atoms with van der Waals surface area (Å²) in [4.78, 5) is 25.6. The van der Waals surface area contributed by atoms with Gasteiger partial charge in [0.1, 0.15) is 0 Å². The zero-order valence-electron chi connectivity index (χ0n) is 10.1. The number of thioether (sulfide) groups is 1. The highest BCUT2D eigenvalue weighted by molar-refractivity contribution is 7.98. The number of rotatable bonds is 5. The van der Waals surface area contributed by atoms with E-state index in [0.717, 1.165) is 17.0 Å². The first-order valence-corrected chi connectivity index (χ1v) is 7.53. The topological polar surface area (TPSA) is 82.2 Å². The molecule has 0 atom stereocenters. The molecule has 1 aromatic carbocycles. The molecule has 1 heterocycles. The number of thiazole rings is 1. The number of aromatic carboxylic acids is 1. The largest absolute Gasteiger partial charge is 0.478 e. The van der Waals surface area contributed by atoms with Gasteiger partial charge >= 0.3 is 10.8 Å². The van der Waals surface area contributed by atoms with E-state index in [2.05, 4.69) is 10.3 Å². The van der Waals surface area contributed by atoms with Crippen molar-refractivity contribution in [3.63, 3.8) is 0 Å².